The monoisotopic (exact) mass is 271 g/mol. The molecule has 3 atom stereocenters. The first kappa shape index (κ1) is 16.4. The first-order valence-electron chi connectivity index (χ1n) is 7.51. The van der Waals surface area contributed by atoms with Crippen molar-refractivity contribution in [2.24, 2.45) is 0 Å². The highest BCUT2D eigenvalue weighted by atomic mass is 16.3. The highest BCUT2D eigenvalue weighted by Crippen LogP contribution is 2.07. The molecule has 1 fully saturated rings. The van der Waals surface area contributed by atoms with Gasteiger partial charge in [0.2, 0.25) is 5.91 Å². The average molecular weight is 271 g/mol. The largest absolute Gasteiger partial charge is 0.392 e. The molecule has 1 rings (SSSR count). The molecule has 0 aromatic heterocycles. The normalized spacial score (nSPS) is 24.7. The van der Waals surface area contributed by atoms with Crippen LogP contribution in [0.15, 0.2) is 0 Å². The van der Waals surface area contributed by atoms with Crippen molar-refractivity contribution in [3.8, 4) is 0 Å². The summed E-state index contributed by atoms with van der Waals surface area (Å²) in [5.74, 6) is 0.0203. The molecule has 0 saturated carbocycles. The molecule has 0 bridgehead atoms. The Morgan fingerprint density at radius 1 is 1.47 bits per heavy atom. The van der Waals surface area contributed by atoms with Crippen molar-refractivity contribution in [1.82, 2.24) is 15.5 Å². The number of nitrogens with one attached hydrogen (secondary N) is 2. The molecular weight excluding hydrogens is 242 g/mol. The van der Waals surface area contributed by atoms with Crippen molar-refractivity contribution >= 4 is 5.91 Å². The number of aliphatic hydroxyl groups is 1. The second-order valence-electron chi connectivity index (χ2n) is 5.43. The molecule has 0 aromatic rings. The van der Waals surface area contributed by atoms with Gasteiger partial charge in [0.1, 0.15) is 0 Å². The molecule has 5 nitrogen and oxygen atoms in total. The van der Waals surface area contributed by atoms with Gasteiger partial charge >= 0.3 is 0 Å². The lowest BCUT2D eigenvalue weighted by Gasteiger charge is -2.20. The first-order valence-corrected chi connectivity index (χ1v) is 7.51. The quantitative estimate of drug-likeness (QED) is 0.595. The fourth-order valence-electron chi connectivity index (χ4n) is 2.49. The number of aliphatic hydroxyl groups excluding tert-OH is 1. The third-order valence-electron chi connectivity index (χ3n) is 3.82. The lowest BCUT2D eigenvalue weighted by molar-refractivity contribution is -0.123. The third-order valence-corrected chi connectivity index (χ3v) is 3.82. The van der Waals surface area contributed by atoms with Crippen LogP contribution in [0.3, 0.4) is 0 Å². The van der Waals surface area contributed by atoms with Crippen molar-refractivity contribution in [3.63, 3.8) is 0 Å². The number of β-amino-alcohol motifs (C(OH)–C–C–N with tert-alkyl or cyclic N) is 1. The lowest BCUT2D eigenvalue weighted by Crippen LogP contribution is -2.44. The molecule has 3 N–H and O–H groups in total. The summed E-state index contributed by atoms with van der Waals surface area (Å²) in [6.45, 7) is 10.2. The van der Waals surface area contributed by atoms with Crippen molar-refractivity contribution in [2.75, 3.05) is 26.2 Å². The molecule has 19 heavy (non-hydrogen) atoms. The molecule has 0 radical (unpaired) electrons. The zero-order valence-corrected chi connectivity index (χ0v) is 12.5. The lowest BCUT2D eigenvalue weighted by atomic mass is 10.1. The van der Waals surface area contributed by atoms with E-state index in [4.69, 9.17) is 0 Å². The van der Waals surface area contributed by atoms with E-state index in [-0.39, 0.29) is 24.1 Å². The maximum atomic E-state index is 11.9. The van der Waals surface area contributed by atoms with Crippen LogP contribution in [0.4, 0.5) is 0 Å². The Balaban J connectivity index is 2.16. The minimum atomic E-state index is -0.381. The van der Waals surface area contributed by atoms with Crippen molar-refractivity contribution in [2.45, 2.75) is 58.2 Å². The van der Waals surface area contributed by atoms with Crippen LogP contribution in [0.2, 0.25) is 0 Å². The van der Waals surface area contributed by atoms with Crippen LogP contribution in [0.1, 0.15) is 40.0 Å². The average Bonchev–Trinajstić information content (AvgIpc) is 2.81. The summed E-state index contributed by atoms with van der Waals surface area (Å²) in [6.07, 6.45) is 2.24. The highest BCUT2D eigenvalue weighted by Gasteiger charge is 2.28. The molecule has 3 unspecified atom stereocenters. The Labute approximate surface area is 116 Å². The van der Waals surface area contributed by atoms with Gasteiger partial charge in [-0.15, -0.1) is 0 Å². The van der Waals surface area contributed by atoms with Gasteiger partial charge in [0.15, 0.2) is 0 Å². The Morgan fingerprint density at radius 3 is 2.68 bits per heavy atom. The van der Waals surface area contributed by atoms with Gasteiger partial charge in [-0.3, -0.25) is 4.79 Å². The van der Waals surface area contributed by atoms with E-state index in [9.17, 15) is 9.90 Å². The van der Waals surface area contributed by atoms with E-state index in [1.807, 2.05) is 6.92 Å². The third kappa shape index (κ3) is 5.89. The van der Waals surface area contributed by atoms with Crippen LogP contribution >= 0.6 is 0 Å². The minimum absolute atomic E-state index is 0.0203. The molecule has 1 heterocycles. The summed E-state index contributed by atoms with van der Waals surface area (Å²) < 4.78 is 0. The molecular formula is C14H29N3O2. The Hall–Kier alpha value is -0.650. The highest BCUT2D eigenvalue weighted by molar-refractivity contribution is 5.82. The van der Waals surface area contributed by atoms with Gasteiger partial charge in [-0.2, -0.15) is 0 Å². The maximum Gasteiger partial charge on any atom is 0.237 e. The van der Waals surface area contributed by atoms with Gasteiger partial charge in [0.05, 0.1) is 12.1 Å². The topological polar surface area (TPSA) is 64.6 Å². The molecule has 1 amide bonds. The van der Waals surface area contributed by atoms with Gasteiger partial charge in [-0.25, -0.2) is 0 Å². The van der Waals surface area contributed by atoms with Crippen LogP contribution in [0.5, 0.6) is 0 Å². The van der Waals surface area contributed by atoms with Gasteiger partial charge in [-0.05, 0) is 45.8 Å². The molecule has 0 aliphatic carbocycles. The molecule has 0 spiro atoms. The van der Waals surface area contributed by atoms with E-state index in [1.54, 1.807) is 0 Å². The van der Waals surface area contributed by atoms with E-state index >= 15 is 0 Å². The number of rotatable bonds is 8. The molecule has 5 heteroatoms. The van der Waals surface area contributed by atoms with Gasteiger partial charge < -0.3 is 20.6 Å². The Kier molecular flexibility index (Phi) is 7.34. The van der Waals surface area contributed by atoms with Crippen LogP contribution in [0, 0.1) is 0 Å². The molecule has 1 aliphatic rings. The molecule has 0 aromatic carbocycles. The molecule has 1 aliphatic heterocycles. The zero-order chi connectivity index (χ0) is 14.3. The predicted molar refractivity (Wildman–Crippen MR) is 77.0 cm³/mol. The second kappa shape index (κ2) is 8.51. The standard InChI is InChI=1S/C14H29N3O2/c1-4-17(5-2)8-6-7-11(3)16-14(19)13-9-12(18)10-15-13/h11-13,15,18H,4-10H2,1-3H3,(H,16,19). The van der Waals surface area contributed by atoms with Crippen LogP contribution in [0.25, 0.3) is 0 Å². The Bertz CT molecular complexity index is 269. The molecule has 1 saturated heterocycles. The first-order chi connectivity index (χ1) is 9.06. The fraction of sp³-hybridized carbons (Fsp3) is 0.929. The van der Waals surface area contributed by atoms with Crippen molar-refractivity contribution in [1.29, 1.82) is 0 Å². The van der Waals surface area contributed by atoms with E-state index < -0.39 is 0 Å². The minimum Gasteiger partial charge on any atom is -0.392 e. The summed E-state index contributed by atoms with van der Waals surface area (Å²) in [5.41, 5.74) is 0. The van der Waals surface area contributed by atoms with E-state index in [0.717, 1.165) is 32.5 Å². The summed E-state index contributed by atoms with van der Waals surface area (Å²) in [4.78, 5) is 14.3. The SMILES string of the molecule is CCN(CC)CCCC(C)NC(=O)C1CC(O)CN1. The number of nitrogens with zero attached hydrogens (tertiary/aromatic N) is 1. The molecule has 112 valence electrons. The van der Waals surface area contributed by atoms with Gasteiger partial charge in [0, 0.05) is 12.6 Å². The van der Waals surface area contributed by atoms with Crippen LogP contribution in [-0.2, 0) is 4.79 Å². The van der Waals surface area contributed by atoms with E-state index in [0.29, 0.717) is 13.0 Å². The second-order valence-corrected chi connectivity index (χ2v) is 5.43. The van der Waals surface area contributed by atoms with Crippen LogP contribution in [-0.4, -0.2) is 60.3 Å². The number of carbonyl (C=O) groups excluding carboxylic acids is 1. The fourth-order valence-corrected chi connectivity index (χ4v) is 2.49. The van der Waals surface area contributed by atoms with Gasteiger partial charge in [-0.1, -0.05) is 13.8 Å². The van der Waals surface area contributed by atoms with Crippen LogP contribution < -0.4 is 10.6 Å². The maximum absolute atomic E-state index is 11.9. The van der Waals surface area contributed by atoms with E-state index in [2.05, 4.69) is 29.4 Å². The predicted octanol–water partition coefficient (Wildman–Crippen LogP) is 0.336. The zero-order valence-electron chi connectivity index (χ0n) is 12.5. The van der Waals surface area contributed by atoms with E-state index in [1.165, 1.54) is 0 Å². The summed E-state index contributed by atoms with van der Waals surface area (Å²) in [6, 6.07) is -0.0252. The van der Waals surface area contributed by atoms with Crippen molar-refractivity contribution in [3.05, 3.63) is 0 Å². The van der Waals surface area contributed by atoms with Gasteiger partial charge in [0.25, 0.3) is 0 Å². The van der Waals surface area contributed by atoms with Crippen molar-refractivity contribution < 1.29 is 9.90 Å². The number of carbonyl (C=O) groups is 1. The Morgan fingerprint density at radius 2 is 2.16 bits per heavy atom. The number of hydrogen-bond donors (Lipinski definition) is 3. The summed E-state index contributed by atoms with van der Waals surface area (Å²) >= 11 is 0. The summed E-state index contributed by atoms with van der Waals surface area (Å²) in [5, 5.41) is 15.4. The smallest absolute Gasteiger partial charge is 0.237 e. The number of hydrogen-bond acceptors (Lipinski definition) is 4. The number of amides is 1. The summed E-state index contributed by atoms with van der Waals surface area (Å²) in [7, 11) is 0.